The molecule has 5 heterocycles. The van der Waals surface area contributed by atoms with Gasteiger partial charge in [0.15, 0.2) is 5.82 Å². The Morgan fingerprint density at radius 1 is 0.660 bits per heavy atom. The van der Waals surface area contributed by atoms with Crippen molar-refractivity contribution in [3.8, 4) is 34.5 Å². The molecule has 0 amide bonds. The number of hydrogen-bond acceptors (Lipinski definition) is 5. The quantitative estimate of drug-likeness (QED) is 0.127. The topological polar surface area (TPSA) is 75.1 Å². The molecule has 10 aromatic rings. The van der Waals surface area contributed by atoms with Crippen LogP contribution in [0.5, 0.6) is 11.5 Å². The Balaban J connectivity index is 0.00000372. The molecule has 0 N–H and O–H groups in total. The molecule has 0 aliphatic rings. The van der Waals surface area contributed by atoms with Gasteiger partial charge in [0.1, 0.15) is 0 Å². The van der Waals surface area contributed by atoms with Crippen LogP contribution in [0.4, 0.5) is 0 Å². The van der Waals surface area contributed by atoms with Crippen molar-refractivity contribution >= 4 is 49.3 Å². The summed E-state index contributed by atoms with van der Waals surface area (Å²) in [6.07, 6.45) is 3.87. The van der Waals surface area contributed by atoms with Crippen LogP contribution in [0, 0.1) is 39.8 Å². The normalized spacial score (nSPS) is 11.6. The van der Waals surface area contributed by atoms with Crippen molar-refractivity contribution < 1.29 is 25.8 Å². The average molecular weight is 869 g/mol. The van der Waals surface area contributed by atoms with Crippen molar-refractivity contribution in [3.05, 3.63) is 150 Å². The van der Waals surface area contributed by atoms with Crippen LogP contribution < -0.4 is 4.74 Å². The zero-order chi connectivity index (χ0) is 35.1. The minimum atomic E-state index is 0. The van der Waals surface area contributed by atoms with Crippen LogP contribution in [0.1, 0.15) is 22.4 Å². The Labute approximate surface area is 319 Å². The first-order chi connectivity index (χ1) is 25.5. The van der Waals surface area contributed by atoms with Crippen molar-refractivity contribution in [1.82, 2.24) is 33.7 Å². The molecule has 0 atom stereocenters. The predicted octanol–water partition coefficient (Wildman–Crippen LogP) is 10.0. The molecular weight excluding hydrogens is 838 g/mol. The number of hydrogen-bond donors (Lipinski definition) is 0. The van der Waals surface area contributed by atoms with Gasteiger partial charge < -0.3 is 18.7 Å². The van der Waals surface area contributed by atoms with E-state index in [1.54, 1.807) is 0 Å². The van der Waals surface area contributed by atoms with E-state index in [2.05, 4.69) is 119 Å². The van der Waals surface area contributed by atoms with Gasteiger partial charge >= 0.3 is 21.1 Å². The number of rotatable bonds is 5. The second-order valence-electron chi connectivity index (χ2n) is 13.3. The molecule has 0 fully saturated rings. The number of fused-ring (bicyclic) bond motifs is 9. The van der Waals surface area contributed by atoms with E-state index in [0.29, 0.717) is 22.8 Å². The Bertz CT molecular complexity index is 3040. The van der Waals surface area contributed by atoms with Crippen molar-refractivity contribution in [2.24, 2.45) is 0 Å². The van der Waals surface area contributed by atoms with Crippen LogP contribution in [0.15, 0.2) is 116 Å². The number of aromatic nitrogens is 7. The summed E-state index contributed by atoms with van der Waals surface area (Å²) in [5.74, 6) is 2.59. The van der Waals surface area contributed by atoms with Gasteiger partial charge in [-0.05, 0) is 71.6 Å². The van der Waals surface area contributed by atoms with E-state index < -0.39 is 0 Å². The number of nitrogens with zero attached hydrogens (tertiary/aromatic N) is 7. The van der Waals surface area contributed by atoms with Gasteiger partial charge in [0.05, 0.1) is 17.1 Å². The molecule has 0 bridgehead atoms. The Kier molecular flexibility index (Phi) is 7.75. The maximum absolute atomic E-state index is 6.65. The van der Waals surface area contributed by atoms with Crippen molar-refractivity contribution in [2.75, 3.05) is 0 Å². The smallest absolute Gasteiger partial charge is 0.501 e. The third-order valence-electron chi connectivity index (χ3n) is 10.0. The minimum Gasteiger partial charge on any atom is -0.501 e. The van der Waals surface area contributed by atoms with Crippen molar-refractivity contribution in [1.29, 1.82) is 0 Å². The van der Waals surface area contributed by atoms with E-state index in [4.69, 9.17) is 24.9 Å². The Hall–Kier alpha value is -6.11. The molecule has 258 valence electrons. The molecule has 0 unspecified atom stereocenters. The SMILES string of the molecule is Cc1ccccc1-c1nnc2c3[c-]c(Oc4[c-]c5c(cc4)c4ccccc4n5-c4nccn4-c4c(C)cccc4C)c(C)nc3c3ccccc3n12.[Pt+2]. The molecule has 0 spiro atoms. The Morgan fingerprint density at radius 3 is 2.19 bits per heavy atom. The number of ether oxygens (including phenoxy) is 1. The fraction of sp³-hybridized carbons (Fsp3) is 0.0909. The zero-order valence-electron chi connectivity index (χ0n) is 29.3. The molecule has 53 heavy (non-hydrogen) atoms. The van der Waals surface area contributed by atoms with E-state index in [9.17, 15) is 0 Å². The van der Waals surface area contributed by atoms with Crippen LogP contribution in [0.2, 0.25) is 0 Å². The number of imidazole rings is 1. The summed E-state index contributed by atoms with van der Waals surface area (Å²) in [4.78, 5) is 9.99. The molecule has 0 aliphatic heterocycles. The molecule has 0 radical (unpaired) electrons. The number of para-hydroxylation sites is 3. The van der Waals surface area contributed by atoms with Gasteiger partial charge in [-0.3, -0.25) is 4.57 Å². The summed E-state index contributed by atoms with van der Waals surface area (Å²) >= 11 is 0. The van der Waals surface area contributed by atoms with E-state index in [1.165, 1.54) is 11.1 Å². The number of benzene rings is 5. The maximum Gasteiger partial charge on any atom is 2.00 e. The number of aryl methyl sites for hydroxylation is 4. The summed E-state index contributed by atoms with van der Waals surface area (Å²) in [6.45, 7) is 8.30. The van der Waals surface area contributed by atoms with Crippen LogP contribution in [0.25, 0.3) is 72.3 Å². The molecule has 9 heteroatoms. The first-order valence-electron chi connectivity index (χ1n) is 17.3. The molecule has 5 aromatic heterocycles. The first kappa shape index (κ1) is 32.8. The summed E-state index contributed by atoms with van der Waals surface area (Å²) in [5.41, 5.74) is 10.6. The van der Waals surface area contributed by atoms with Crippen LogP contribution in [0.3, 0.4) is 0 Å². The second-order valence-corrected chi connectivity index (χ2v) is 13.3. The van der Waals surface area contributed by atoms with Crippen LogP contribution in [-0.4, -0.2) is 33.7 Å². The van der Waals surface area contributed by atoms with Crippen molar-refractivity contribution in [2.45, 2.75) is 27.7 Å². The van der Waals surface area contributed by atoms with E-state index in [1.807, 2.05) is 49.6 Å². The van der Waals surface area contributed by atoms with Crippen LogP contribution in [-0.2, 0) is 21.1 Å². The summed E-state index contributed by atoms with van der Waals surface area (Å²) in [7, 11) is 0. The van der Waals surface area contributed by atoms with E-state index >= 15 is 0 Å². The van der Waals surface area contributed by atoms with Gasteiger partial charge in [-0.1, -0.05) is 103 Å². The third kappa shape index (κ3) is 5.01. The number of pyridine rings is 2. The van der Waals surface area contributed by atoms with Gasteiger partial charge in [0.25, 0.3) is 0 Å². The average Bonchev–Trinajstić information content (AvgIpc) is 3.89. The van der Waals surface area contributed by atoms with Gasteiger partial charge in [-0.15, -0.1) is 22.6 Å². The molecule has 8 nitrogen and oxygen atoms in total. The van der Waals surface area contributed by atoms with Gasteiger partial charge in [0, 0.05) is 34.7 Å². The largest absolute Gasteiger partial charge is 2.00 e. The maximum atomic E-state index is 6.65. The summed E-state index contributed by atoms with van der Waals surface area (Å²) < 4.78 is 13.1. The van der Waals surface area contributed by atoms with Gasteiger partial charge in [0.2, 0.25) is 5.95 Å². The van der Waals surface area contributed by atoms with Crippen LogP contribution >= 0.6 is 0 Å². The standard InChI is InChI=1S/C44H31N7O.Pt/c1-26-12-5-6-15-31(26)42-47-48-43-35-25-39(29(4)46-40(35)34-17-8-10-19-37(34)51(42)43)52-30-20-21-33-32-16-7-9-18-36(32)50(38(33)24-30)44-45-22-23-49(44)41-27(2)13-11-14-28(41)3;/h5-23H,1-4H3;/q-2;+2. The van der Waals surface area contributed by atoms with Crippen molar-refractivity contribution in [3.63, 3.8) is 0 Å². The molecular formula is C44H31N7OPt. The monoisotopic (exact) mass is 868 g/mol. The molecule has 0 saturated heterocycles. The molecule has 10 rings (SSSR count). The molecule has 0 saturated carbocycles. The fourth-order valence-corrected chi connectivity index (χ4v) is 7.61. The van der Waals surface area contributed by atoms with Gasteiger partial charge in [-0.2, -0.15) is 11.2 Å². The predicted molar refractivity (Wildman–Crippen MR) is 206 cm³/mol. The summed E-state index contributed by atoms with van der Waals surface area (Å²) in [6, 6.07) is 42.4. The second kappa shape index (κ2) is 12.5. The molecule has 0 aliphatic carbocycles. The summed E-state index contributed by atoms with van der Waals surface area (Å²) in [5, 5.41) is 13.3. The zero-order valence-corrected chi connectivity index (χ0v) is 31.6. The van der Waals surface area contributed by atoms with E-state index in [-0.39, 0.29) is 21.1 Å². The molecule has 5 aromatic carbocycles. The minimum absolute atomic E-state index is 0. The van der Waals surface area contributed by atoms with Gasteiger partial charge in [-0.25, -0.2) is 4.98 Å². The fourth-order valence-electron chi connectivity index (χ4n) is 7.61. The Morgan fingerprint density at radius 2 is 1.38 bits per heavy atom. The van der Waals surface area contributed by atoms with E-state index in [0.717, 1.165) is 72.2 Å². The third-order valence-corrected chi connectivity index (χ3v) is 10.0. The first-order valence-corrected chi connectivity index (χ1v) is 17.3.